The number of carbonyl (C=O) groups excluding carboxylic acids is 4. The summed E-state index contributed by atoms with van der Waals surface area (Å²) in [4.78, 5) is 70.4. The number of anilines is 1. The molecule has 3 aromatic rings. The number of amides is 3. The number of allylic oxidation sites excluding steroid dienone is 1. The summed E-state index contributed by atoms with van der Waals surface area (Å²) in [6.07, 6.45) is 3.47. The molecule has 13 nitrogen and oxygen atoms in total. The number of nitrogens with one attached hydrogen (secondary N) is 2. The summed E-state index contributed by atoms with van der Waals surface area (Å²) in [5.74, 6) is -0.607. The Balaban J connectivity index is 1.87. The highest BCUT2D eigenvalue weighted by molar-refractivity contribution is 5.96. The summed E-state index contributed by atoms with van der Waals surface area (Å²) in [5, 5.41) is 5.16. The third kappa shape index (κ3) is 10.1. The number of hydrogen-bond donors (Lipinski definition) is 2. The largest absolute Gasteiger partial charge is 0.444 e. The minimum atomic E-state index is -1.08. The lowest BCUT2D eigenvalue weighted by atomic mass is 10.1. The Labute approximate surface area is 262 Å². The van der Waals surface area contributed by atoms with Crippen molar-refractivity contribution < 1.29 is 28.7 Å². The van der Waals surface area contributed by atoms with Crippen LogP contribution >= 0.6 is 0 Å². The topological polar surface area (TPSA) is 154 Å². The van der Waals surface area contributed by atoms with Crippen molar-refractivity contribution in [3.05, 3.63) is 70.9 Å². The number of rotatable bonds is 9. The summed E-state index contributed by atoms with van der Waals surface area (Å²) in [6, 6.07) is 8.98. The number of benzene rings is 1. The SMILES string of the molecule is CN(C)C(=O)/C=C/CCC(NC(=O)OC(C)(C)C)C(=O)Nc1cccn(Cc2nc3ccccc3n2C(=O)OC(C)(C)C)c1=O. The van der Waals surface area contributed by atoms with Crippen molar-refractivity contribution in [3.63, 3.8) is 0 Å². The van der Waals surface area contributed by atoms with Crippen LogP contribution in [0, 0.1) is 0 Å². The molecule has 242 valence electrons. The summed E-state index contributed by atoms with van der Waals surface area (Å²) >= 11 is 0. The average Bonchev–Trinajstić information content (AvgIpc) is 3.28. The minimum absolute atomic E-state index is 0.0447. The standard InChI is InChI=1S/C32H42N6O7/c1-31(2,3)44-29(42)35-22(15-10-12-18-26(39)36(7)8)27(40)34-23-16-13-19-37(28(23)41)20-25-33-21-14-9-11-17-24(21)38(25)30(43)45-32(4,5)6/h9,11-14,16-19,22H,10,15,20H2,1-8H3,(H,34,40)(H,35,42)/b18-12+. The van der Waals surface area contributed by atoms with Gasteiger partial charge in [0.05, 0.1) is 17.6 Å². The molecule has 2 N–H and O–H groups in total. The molecule has 2 aromatic heterocycles. The van der Waals surface area contributed by atoms with E-state index < -0.39 is 40.9 Å². The van der Waals surface area contributed by atoms with Crippen LogP contribution in [0.5, 0.6) is 0 Å². The van der Waals surface area contributed by atoms with Crippen molar-refractivity contribution in [1.29, 1.82) is 0 Å². The number of alkyl carbamates (subject to hydrolysis) is 1. The fraction of sp³-hybridized carbons (Fsp3) is 0.438. The molecule has 1 atom stereocenters. The number of nitrogens with zero attached hydrogens (tertiary/aromatic N) is 4. The van der Waals surface area contributed by atoms with Crippen LogP contribution in [0.3, 0.4) is 0 Å². The first-order chi connectivity index (χ1) is 20.9. The lowest BCUT2D eigenvalue weighted by Gasteiger charge is -2.23. The van der Waals surface area contributed by atoms with Crippen LogP contribution in [0.4, 0.5) is 15.3 Å². The Bertz CT molecular complexity index is 1640. The van der Waals surface area contributed by atoms with Gasteiger partial charge in [-0.25, -0.2) is 19.1 Å². The number of ether oxygens (including phenoxy) is 2. The lowest BCUT2D eigenvalue weighted by molar-refractivity contribution is -0.123. The maximum Gasteiger partial charge on any atom is 0.420 e. The molecule has 0 fully saturated rings. The molecule has 0 radical (unpaired) electrons. The summed E-state index contributed by atoms with van der Waals surface area (Å²) in [6.45, 7) is 10.3. The van der Waals surface area contributed by atoms with Crippen LogP contribution in [0.1, 0.15) is 60.2 Å². The molecule has 0 saturated heterocycles. The van der Waals surface area contributed by atoms with E-state index >= 15 is 0 Å². The summed E-state index contributed by atoms with van der Waals surface area (Å²) < 4.78 is 13.6. The summed E-state index contributed by atoms with van der Waals surface area (Å²) in [5.41, 5.74) is -1.09. The zero-order valence-corrected chi connectivity index (χ0v) is 27.0. The number of pyridine rings is 1. The number of likely N-dealkylation sites (N-methyl/N-ethyl adjacent to an activating group) is 1. The van der Waals surface area contributed by atoms with Crippen molar-refractivity contribution in [1.82, 2.24) is 24.3 Å². The lowest BCUT2D eigenvalue weighted by Crippen LogP contribution is -2.46. The molecule has 0 aliphatic rings. The van der Waals surface area contributed by atoms with Gasteiger partial charge >= 0.3 is 12.2 Å². The number of fused-ring (bicyclic) bond motifs is 1. The van der Waals surface area contributed by atoms with Gasteiger partial charge in [0, 0.05) is 20.3 Å². The fourth-order valence-corrected chi connectivity index (χ4v) is 4.14. The van der Waals surface area contributed by atoms with Gasteiger partial charge in [0.25, 0.3) is 5.56 Å². The molecule has 0 bridgehead atoms. The molecule has 3 amide bonds. The maximum absolute atomic E-state index is 13.5. The van der Waals surface area contributed by atoms with E-state index in [9.17, 15) is 24.0 Å². The van der Waals surface area contributed by atoms with Gasteiger partial charge in [-0.2, -0.15) is 0 Å². The monoisotopic (exact) mass is 622 g/mol. The Morgan fingerprint density at radius 3 is 2.29 bits per heavy atom. The highest BCUT2D eigenvalue weighted by Gasteiger charge is 2.26. The van der Waals surface area contributed by atoms with Crippen LogP contribution in [0.15, 0.2) is 59.5 Å². The average molecular weight is 623 g/mol. The van der Waals surface area contributed by atoms with Crippen LogP contribution in [0.2, 0.25) is 0 Å². The Kier molecular flexibility index (Phi) is 10.9. The van der Waals surface area contributed by atoms with E-state index in [0.29, 0.717) is 11.0 Å². The van der Waals surface area contributed by atoms with E-state index in [4.69, 9.17) is 9.47 Å². The minimum Gasteiger partial charge on any atom is -0.444 e. The van der Waals surface area contributed by atoms with Gasteiger partial charge in [0.2, 0.25) is 11.8 Å². The maximum atomic E-state index is 13.5. The summed E-state index contributed by atoms with van der Waals surface area (Å²) in [7, 11) is 3.24. The molecule has 45 heavy (non-hydrogen) atoms. The van der Waals surface area contributed by atoms with Crippen molar-refractivity contribution in [3.8, 4) is 0 Å². The number of para-hydroxylation sites is 2. The second-order valence-electron chi connectivity index (χ2n) is 12.6. The van der Waals surface area contributed by atoms with E-state index in [0.717, 1.165) is 0 Å². The predicted octanol–water partition coefficient (Wildman–Crippen LogP) is 4.29. The quantitative estimate of drug-likeness (QED) is 0.335. The Morgan fingerprint density at radius 2 is 1.64 bits per heavy atom. The second-order valence-corrected chi connectivity index (χ2v) is 12.6. The molecular formula is C32H42N6O7. The van der Waals surface area contributed by atoms with E-state index in [-0.39, 0.29) is 36.8 Å². The van der Waals surface area contributed by atoms with E-state index in [1.54, 1.807) is 92.0 Å². The van der Waals surface area contributed by atoms with E-state index in [1.807, 2.05) is 0 Å². The van der Waals surface area contributed by atoms with E-state index in [1.165, 1.54) is 32.4 Å². The smallest absolute Gasteiger partial charge is 0.420 e. The molecule has 2 heterocycles. The van der Waals surface area contributed by atoms with Crippen molar-refractivity contribution in [2.24, 2.45) is 0 Å². The number of carbonyl (C=O) groups is 4. The highest BCUT2D eigenvalue weighted by Crippen LogP contribution is 2.20. The third-order valence-electron chi connectivity index (χ3n) is 6.13. The Hall–Kier alpha value is -4.94. The zero-order valence-electron chi connectivity index (χ0n) is 27.0. The molecular weight excluding hydrogens is 580 g/mol. The van der Waals surface area contributed by atoms with Gasteiger partial charge in [0.1, 0.15) is 28.8 Å². The normalized spacial score (nSPS) is 12.5. The zero-order chi connectivity index (χ0) is 33.5. The van der Waals surface area contributed by atoms with Gasteiger partial charge in [-0.3, -0.25) is 14.4 Å². The molecule has 0 aliphatic carbocycles. The van der Waals surface area contributed by atoms with Crippen molar-refractivity contribution in [2.45, 2.75) is 78.2 Å². The molecule has 0 aliphatic heterocycles. The van der Waals surface area contributed by atoms with Crippen molar-refractivity contribution >= 4 is 40.7 Å². The fourth-order valence-electron chi connectivity index (χ4n) is 4.14. The first kappa shape index (κ1) is 34.5. The first-order valence-electron chi connectivity index (χ1n) is 14.5. The van der Waals surface area contributed by atoms with Gasteiger partial charge in [-0.15, -0.1) is 0 Å². The van der Waals surface area contributed by atoms with Crippen LogP contribution < -0.4 is 16.2 Å². The van der Waals surface area contributed by atoms with Gasteiger partial charge in [0.15, 0.2) is 0 Å². The van der Waals surface area contributed by atoms with Crippen LogP contribution in [-0.4, -0.2) is 74.4 Å². The van der Waals surface area contributed by atoms with Crippen LogP contribution in [0.25, 0.3) is 11.0 Å². The predicted molar refractivity (Wildman–Crippen MR) is 170 cm³/mol. The van der Waals surface area contributed by atoms with Crippen LogP contribution in [-0.2, 0) is 25.6 Å². The van der Waals surface area contributed by atoms with Crippen molar-refractivity contribution in [2.75, 3.05) is 19.4 Å². The third-order valence-corrected chi connectivity index (χ3v) is 6.13. The molecule has 0 spiro atoms. The molecule has 13 heteroatoms. The van der Waals surface area contributed by atoms with Gasteiger partial charge < -0.3 is 29.6 Å². The highest BCUT2D eigenvalue weighted by atomic mass is 16.6. The molecule has 0 saturated carbocycles. The Morgan fingerprint density at radius 1 is 0.978 bits per heavy atom. The van der Waals surface area contributed by atoms with E-state index in [2.05, 4.69) is 15.6 Å². The van der Waals surface area contributed by atoms with Gasteiger partial charge in [-0.1, -0.05) is 18.2 Å². The molecule has 1 aromatic carbocycles. The number of hydrogen-bond acceptors (Lipinski definition) is 8. The number of aromatic nitrogens is 3. The molecule has 1 unspecified atom stereocenters. The first-order valence-corrected chi connectivity index (χ1v) is 14.5. The second kappa shape index (κ2) is 14.2. The van der Waals surface area contributed by atoms with Gasteiger partial charge in [-0.05, 0) is 84.7 Å². The molecule has 3 rings (SSSR count). The number of imidazole rings is 1.